The molecule has 0 aromatic heterocycles. The maximum Gasteiger partial charge on any atom is 0.318 e. The van der Waals surface area contributed by atoms with Gasteiger partial charge in [-0.2, -0.15) is 0 Å². The Bertz CT molecular complexity index is 916. The fourth-order valence-corrected chi connectivity index (χ4v) is 3.49. The number of carboxylic acids is 1. The highest BCUT2D eigenvalue weighted by atomic mass is 32.2. The van der Waals surface area contributed by atoms with Crippen LogP contribution in [0.25, 0.3) is 0 Å². The third-order valence-corrected chi connectivity index (χ3v) is 5.56. The zero-order chi connectivity index (χ0) is 24.8. The lowest BCUT2D eigenvalue weighted by atomic mass is 10.1. The molecule has 2 rings (SSSR count). The molecule has 0 aliphatic heterocycles. The third-order valence-electron chi connectivity index (χ3n) is 4.44. The molecule has 0 radical (unpaired) electrons. The molecule has 0 aliphatic carbocycles. The summed E-state index contributed by atoms with van der Waals surface area (Å²) in [4.78, 5) is 16.3. The van der Waals surface area contributed by atoms with Crippen molar-refractivity contribution in [1.82, 2.24) is 4.72 Å². The van der Waals surface area contributed by atoms with Gasteiger partial charge in [0.1, 0.15) is 24.7 Å². The minimum atomic E-state index is -0.863. The summed E-state index contributed by atoms with van der Waals surface area (Å²) in [6.07, 6.45) is 0.727. The monoisotopic (exact) mass is 478 g/mol. The van der Waals surface area contributed by atoms with E-state index in [2.05, 4.69) is 9.88 Å². The minimum Gasteiger partial charge on any atom is -0.496 e. The average Bonchev–Trinajstić information content (AvgIpc) is 2.77. The molecule has 33 heavy (non-hydrogen) atoms. The summed E-state index contributed by atoms with van der Waals surface area (Å²) in [5.74, 6) is 0.785. The summed E-state index contributed by atoms with van der Waals surface area (Å²) >= 11 is 1.35. The molecule has 0 heterocycles. The molecule has 0 aliphatic rings. The molecule has 0 unspecified atom stereocenters. The van der Waals surface area contributed by atoms with Crippen LogP contribution in [0.2, 0.25) is 0 Å². The summed E-state index contributed by atoms with van der Waals surface area (Å²) in [5, 5.41) is 12.0. The Kier molecular flexibility index (Phi) is 12.6. The number of nitrogens with zero attached hydrogens (tertiary/aromatic N) is 1. The van der Waals surface area contributed by atoms with Crippen LogP contribution in [0.15, 0.2) is 40.4 Å². The van der Waals surface area contributed by atoms with Crippen LogP contribution in [0.1, 0.15) is 28.7 Å². The van der Waals surface area contributed by atoms with Crippen LogP contribution in [0.4, 0.5) is 0 Å². The Morgan fingerprint density at radius 3 is 2.33 bits per heavy atom. The molecular weight excluding hydrogens is 444 g/mol. The summed E-state index contributed by atoms with van der Waals surface area (Å²) in [6, 6.07) is 9.85. The number of methoxy groups -OCH3 is 1. The Hall–Kier alpha value is -3.11. The van der Waals surface area contributed by atoms with E-state index in [-0.39, 0.29) is 12.5 Å². The first kappa shape index (κ1) is 27.9. The molecule has 9 nitrogen and oxygen atoms in total. The van der Waals surface area contributed by atoms with E-state index in [1.165, 1.54) is 17.5 Å². The summed E-state index contributed by atoms with van der Waals surface area (Å²) < 4.78 is 13.6. The number of oxime groups is 1. The first-order valence-electron chi connectivity index (χ1n) is 10.3. The smallest absolute Gasteiger partial charge is 0.318 e. The van der Waals surface area contributed by atoms with Crippen molar-refractivity contribution in [2.75, 3.05) is 26.9 Å². The van der Waals surface area contributed by atoms with Crippen molar-refractivity contribution in [1.29, 1.82) is 0 Å². The summed E-state index contributed by atoms with van der Waals surface area (Å²) in [5.41, 5.74) is 14.7. The highest BCUT2D eigenvalue weighted by Crippen LogP contribution is 2.32. The number of aryl methyl sites for hydroxylation is 2. The zero-order valence-corrected chi connectivity index (χ0v) is 20.6. The second kappa shape index (κ2) is 14.9. The maximum atomic E-state index is 10.4. The minimum absolute atomic E-state index is 0.0609. The zero-order valence-electron chi connectivity index (χ0n) is 19.8. The quantitative estimate of drug-likeness (QED) is 0.126. The molecule has 6 N–H and O–H groups in total. The first-order valence-corrected chi connectivity index (χ1v) is 11.1. The molecule has 2 aromatic rings. The molecule has 0 amide bonds. The molecule has 182 valence electrons. The number of ether oxygens (including phenoxy) is 2. The van der Waals surface area contributed by atoms with E-state index in [1.807, 2.05) is 58.0 Å². The number of carbonyl (C=O) groups is 1. The maximum absolute atomic E-state index is 10.4. The van der Waals surface area contributed by atoms with E-state index >= 15 is 0 Å². The predicted molar refractivity (Wildman–Crippen MR) is 132 cm³/mol. The lowest BCUT2D eigenvalue weighted by molar-refractivity contribution is -0.135. The van der Waals surface area contributed by atoms with Crippen LogP contribution in [0.5, 0.6) is 11.5 Å². The molecular formula is C23H34N4O5S. The topological polar surface area (TPSA) is 141 Å². The third kappa shape index (κ3) is 10.8. The van der Waals surface area contributed by atoms with Crippen molar-refractivity contribution >= 4 is 23.9 Å². The number of aliphatic carboxylic acids is 1. The Labute approximate surface area is 199 Å². The number of nitrogens with two attached hydrogens (primary N) is 2. The van der Waals surface area contributed by atoms with E-state index in [1.54, 1.807) is 7.11 Å². The van der Waals surface area contributed by atoms with Gasteiger partial charge in [0.05, 0.1) is 13.7 Å². The van der Waals surface area contributed by atoms with Crippen molar-refractivity contribution in [3.63, 3.8) is 0 Å². The summed E-state index contributed by atoms with van der Waals surface area (Å²) in [7, 11) is 1.65. The van der Waals surface area contributed by atoms with Crippen LogP contribution in [0.3, 0.4) is 0 Å². The Morgan fingerprint density at radius 2 is 1.76 bits per heavy atom. The van der Waals surface area contributed by atoms with Gasteiger partial charge in [-0.1, -0.05) is 17.7 Å². The standard InChI is InChI=1S/C12H17NO3S.C11H17N3O2/c1-7-5-10(16-4)8(2)9(3)12(7)17-13-6-11(14)15;1-9-3-5-10(6-4-9)15-7-2-8-16-14-11(12)13/h5,13H,6H2,1-4H3,(H,14,15);3-6H,2,7-8H2,1H3,(H4,12,13,14). The van der Waals surface area contributed by atoms with Crippen LogP contribution in [-0.2, 0) is 9.63 Å². The van der Waals surface area contributed by atoms with E-state index in [0.29, 0.717) is 13.2 Å². The number of rotatable bonds is 11. The number of hydrogen-bond donors (Lipinski definition) is 4. The predicted octanol–water partition coefficient (Wildman–Crippen LogP) is 3.27. The van der Waals surface area contributed by atoms with Gasteiger partial charge < -0.3 is 30.9 Å². The van der Waals surface area contributed by atoms with Gasteiger partial charge in [0, 0.05) is 11.3 Å². The molecule has 0 fully saturated rings. The molecule has 2 aromatic carbocycles. The highest BCUT2D eigenvalue weighted by Gasteiger charge is 2.11. The largest absolute Gasteiger partial charge is 0.496 e. The number of carboxylic acid groups (broad SMARTS) is 1. The molecule has 0 atom stereocenters. The van der Waals surface area contributed by atoms with Gasteiger partial charge in [-0.25, -0.2) is 4.72 Å². The first-order chi connectivity index (χ1) is 15.6. The molecule has 10 heteroatoms. The van der Waals surface area contributed by atoms with Crippen LogP contribution >= 0.6 is 11.9 Å². The number of hydrogen-bond acceptors (Lipinski definition) is 7. The van der Waals surface area contributed by atoms with E-state index in [0.717, 1.165) is 39.5 Å². The lowest BCUT2D eigenvalue weighted by Crippen LogP contribution is -2.23. The van der Waals surface area contributed by atoms with Crippen LogP contribution < -0.4 is 25.7 Å². The number of nitrogens with one attached hydrogen (secondary N) is 1. The summed E-state index contributed by atoms with van der Waals surface area (Å²) in [6.45, 7) is 8.97. The number of guanidine groups is 1. The molecule has 0 bridgehead atoms. The normalized spacial score (nSPS) is 9.97. The number of benzene rings is 2. The van der Waals surface area contributed by atoms with Crippen molar-refractivity contribution < 1.29 is 24.2 Å². The second-order valence-electron chi connectivity index (χ2n) is 7.16. The lowest BCUT2D eigenvalue weighted by Gasteiger charge is -2.15. The van der Waals surface area contributed by atoms with Gasteiger partial charge in [-0.15, -0.1) is 0 Å². The molecule has 0 saturated carbocycles. The van der Waals surface area contributed by atoms with Gasteiger partial charge in [0.25, 0.3) is 0 Å². The Balaban J connectivity index is 0.000000331. The van der Waals surface area contributed by atoms with Gasteiger partial charge >= 0.3 is 5.97 Å². The molecule has 0 saturated heterocycles. The fraction of sp³-hybridized carbons (Fsp3) is 0.391. The van der Waals surface area contributed by atoms with Crippen molar-refractivity contribution in [3.05, 3.63) is 52.6 Å². The van der Waals surface area contributed by atoms with Crippen LogP contribution in [-0.4, -0.2) is 43.9 Å². The van der Waals surface area contributed by atoms with Crippen molar-refractivity contribution in [3.8, 4) is 11.5 Å². The highest BCUT2D eigenvalue weighted by molar-refractivity contribution is 7.97. The molecule has 0 spiro atoms. The SMILES string of the molecule is COc1cc(C)c(SNCC(=O)O)c(C)c1C.Cc1ccc(OCCCON=C(N)N)cc1. The van der Waals surface area contributed by atoms with Crippen molar-refractivity contribution in [2.24, 2.45) is 16.6 Å². The second-order valence-corrected chi connectivity index (χ2v) is 8.06. The van der Waals surface area contributed by atoms with E-state index < -0.39 is 5.97 Å². The van der Waals surface area contributed by atoms with E-state index in [9.17, 15) is 4.79 Å². The average molecular weight is 479 g/mol. The fourth-order valence-electron chi connectivity index (χ4n) is 2.63. The van der Waals surface area contributed by atoms with Crippen LogP contribution in [0, 0.1) is 27.7 Å². The van der Waals surface area contributed by atoms with Gasteiger partial charge in [-0.3, -0.25) is 4.79 Å². The van der Waals surface area contributed by atoms with Crippen molar-refractivity contribution in [2.45, 2.75) is 39.0 Å². The Morgan fingerprint density at radius 1 is 1.09 bits per heavy atom. The van der Waals surface area contributed by atoms with Gasteiger partial charge in [0.15, 0.2) is 0 Å². The van der Waals surface area contributed by atoms with E-state index in [4.69, 9.17) is 30.9 Å². The van der Waals surface area contributed by atoms with Gasteiger partial charge in [-0.05, 0) is 79.7 Å². The van der Waals surface area contributed by atoms with Gasteiger partial charge in [0.2, 0.25) is 5.96 Å².